The zero-order valence-corrected chi connectivity index (χ0v) is 12.7. The van der Waals surface area contributed by atoms with Crippen LogP contribution in [0.25, 0.3) is 0 Å². The lowest BCUT2D eigenvalue weighted by Gasteiger charge is -2.40. The van der Waals surface area contributed by atoms with Crippen LogP contribution in [0.2, 0.25) is 0 Å². The molecule has 0 bridgehead atoms. The van der Waals surface area contributed by atoms with Crippen molar-refractivity contribution in [3.8, 4) is 11.5 Å². The predicted molar refractivity (Wildman–Crippen MR) is 79.6 cm³/mol. The number of nitrogens with zero attached hydrogens (tertiary/aromatic N) is 1. The zero-order chi connectivity index (χ0) is 15.6. The van der Waals surface area contributed by atoms with Crippen LogP contribution in [0, 0.1) is 5.92 Å². The first-order chi connectivity index (χ1) is 9.93. The third-order valence-electron chi connectivity index (χ3n) is 4.46. The Hall–Kier alpha value is -1.75. The topological polar surface area (TPSA) is 70.0 Å². The van der Waals surface area contributed by atoms with Gasteiger partial charge in [-0.25, -0.2) is 0 Å². The second kappa shape index (κ2) is 6.35. The van der Waals surface area contributed by atoms with E-state index in [-0.39, 0.29) is 23.8 Å². The number of hydrogen-bond donors (Lipinski definition) is 2. The van der Waals surface area contributed by atoms with Gasteiger partial charge in [0.1, 0.15) is 11.5 Å². The van der Waals surface area contributed by atoms with E-state index in [0.717, 1.165) is 12.1 Å². The lowest BCUT2D eigenvalue weighted by Crippen LogP contribution is -2.43. The van der Waals surface area contributed by atoms with Crippen molar-refractivity contribution < 1.29 is 19.7 Å². The standard InChI is InChI=1S/C16H23NO4/c1-10-8-12(16(19)20)6-7-17(10)11(2)14-9-13(21-3)4-5-15(14)18/h4-5,9-12,18H,6-8H2,1-3H3,(H,19,20). The molecule has 5 heteroatoms. The van der Waals surface area contributed by atoms with Gasteiger partial charge in [0.25, 0.3) is 0 Å². The molecule has 1 fully saturated rings. The van der Waals surface area contributed by atoms with Crippen molar-refractivity contribution in [1.29, 1.82) is 0 Å². The Labute approximate surface area is 125 Å². The highest BCUT2D eigenvalue weighted by atomic mass is 16.5. The molecular weight excluding hydrogens is 270 g/mol. The Morgan fingerprint density at radius 1 is 1.48 bits per heavy atom. The Kier molecular flexibility index (Phi) is 4.73. The Morgan fingerprint density at radius 2 is 2.19 bits per heavy atom. The van der Waals surface area contributed by atoms with Gasteiger partial charge in [-0.05, 0) is 51.4 Å². The maximum atomic E-state index is 11.1. The predicted octanol–water partition coefficient (Wildman–Crippen LogP) is 2.65. The van der Waals surface area contributed by atoms with Gasteiger partial charge in [0.05, 0.1) is 13.0 Å². The molecule has 5 nitrogen and oxygen atoms in total. The number of methoxy groups -OCH3 is 1. The van der Waals surface area contributed by atoms with Crippen LogP contribution < -0.4 is 4.74 Å². The largest absolute Gasteiger partial charge is 0.508 e. The van der Waals surface area contributed by atoms with Crippen LogP contribution >= 0.6 is 0 Å². The van der Waals surface area contributed by atoms with Crippen molar-refractivity contribution in [3.05, 3.63) is 23.8 Å². The molecule has 2 N–H and O–H groups in total. The molecule has 1 aliphatic rings. The summed E-state index contributed by atoms with van der Waals surface area (Å²) in [5, 5.41) is 19.2. The third-order valence-corrected chi connectivity index (χ3v) is 4.46. The molecule has 0 radical (unpaired) electrons. The number of aliphatic carboxylic acids is 1. The molecule has 1 aromatic rings. The summed E-state index contributed by atoms with van der Waals surface area (Å²) in [5.41, 5.74) is 0.815. The molecule has 3 unspecified atom stereocenters. The number of likely N-dealkylation sites (tertiary alicyclic amines) is 1. The van der Waals surface area contributed by atoms with Crippen LogP contribution in [0.3, 0.4) is 0 Å². The number of benzene rings is 1. The molecule has 116 valence electrons. The summed E-state index contributed by atoms with van der Waals surface area (Å²) in [6.45, 7) is 4.80. The number of rotatable bonds is 4. The van der Waals surface area contributed by atoms with Crippen LogP contribution in [0.15, 0.2) is 18.2 Å². The number of piperidine rings is 1. The Balaban J connectivity index is 2.17. The summed E-state index contributed by atoms with van der Waals surface area (Å²) in [7, 11) is 1.60. The molecule has 3 atom stereocenters. The van der Waals surface area contributed by atoms with E-state index in [1.54, 1.807) is 19.2 Å². The summed E-state index contributed by atoms with van der Waals surface area (Å²) in [6, 6.07) is 5.39. The summed E-state index contributed by atoms with van der Waals surface area (Å²) in [6.07, 6.45) is 1.29. The van der Waals surface area contributed by atoms with Gasteiger partial charge in [0.2, 0.25) is 0 Å². The lowest BCUT2D eigenvalue weighted by atomic mass is 9.89. The molecule has 0 aliphatic carbocycles. The number of phenolic OH excluding ortho intramolecular Hbond substituents is 1. The van der Waals surface area contributed by atoms with Crippen LogP contribution in [-0.2, 0) is 4.79 Å². The quantitative estimate of drug-likeness (QED) is 0.893. The normalized spacial score (nSPS) is 24.5. The van der Waals surface area contributed by atoms with Crippen molar-refractivity contribution in [3.63, 3.8) is 0 Å². The van der Waals surface area contributed by atoms with Gasteiger partial charge in [-0.3, -0.25) is 9.69 Å². The SMILES string of the molecule is COc1ccc(O)c(C(C)N2CCC(C(=O)O)CC2C)c1. The fourth-order valence-electron chi connectivity index (χ4n) is 3.16. The summed E-state index contributed by atoms with van der Waals surface area (Å²) in [5.74, 6) is -0.0145. The number of aromatic hydroxyl groups is 1. The van der Waals surface area contributed by atoms with Crippen LogP contribution in [0.1, 0.15) is 38.3 Å². The highest BCUT2D eigenvalue weighted by Gasteiger charge is 2.33. The van der Waals surface area contributed by atoms with Crippen LogP contribution in [0.5, 0.6) is 11.5 Å². The molecule has 0 amide bonds. The first kappa shape index (κ1) is 15.6. The van der Waals surface area contributed by atoms with Crippen molar-refractivity contribution in [2.75, 3.05) is 13.7 Å². The average Bonchev–Trinajstić information content (AvgIpc) is 2.47. The van der Waals surface area contributed by atoms with Crippen molar-refractivity contribution >= 4 is 5.97 Å². The number of ether oxygens (including phenoxy) is 1. The summed E-state index contributed by atoms with van der Waals surface area (Å²) < 4.78 is 5.22. The number of phenols is 1. The van der Waals surface area contributed by atoms with E-state index in [1.165, 1.54) is 0 Å². The highest BCUT2D eigenvalue weighted by molar-refractivity contribution is 5.70. The molecular formula is C16H23NO4. The average molecular weight is 293 g/mol. The van der Waals surface area contributed by atoms with Gasteiger partial charge >= 0.3 is 5.97 Å². The zero-order valence-electron chi connectivity index (χ0n) is 12.7. The van der Waals surface area contributed by atoms with Gasteiger partial charge in [0.15, 0.2) is 0 Å². The molecule has 0 saturated carbocycles. The van der Waals surface area contributed by atoms with Crippen LogP contribution in [-0.4, -0.2) is 40.8 Å². The molecule has 1 aromatic carbocycles. The van der Waals surface area contributed by atoms with Gasteiger partial charge < -0.3 is 14.9 Å². The van der Waals surface area contributed by atoms with E-state index in [9.17, 15) is 9.90 Å². The maximum absolute atomic E-state index is 11.1. The van der Waals surface area contributed by atoms with E-state index < -0.39 is 5.97 Å². The lowest BCUT2D eigenvalue weighted by molar-refractivity contribution is -0.144. The van der Waals surface area contributed by atoms with Crippen molar-refractivity contribution in [1.82, 2.24) is 4.90 Å². The van der Waals surface area contributed by atoms with E-state index in [1.807, 2.05) is 19.9 Å². The highest BCUT2D eigenvalue weighted by Crippen LogP contribution is 2.36. The monoisotopic (exact) mass is 293 g/mol. The Bertz CT molecular complexity index is 517. The first-order valence-electron chi connectivity index (χ1n) is 7.29. The Morgan fingerprint density at radius 3 is 2.76 bits per heavy atom. The van der Waals surface area contributed by atoms with E-state index in [4.69, 9.17) is 9.84 Å². The fraction of sp³-hybridized carbons (Fsp3) is 0.562. The number of carboxylic acid groups (broad SMARTS) is 1. The first-order valence-corrected chi connectivity index (χ1v) is 7.29. The molecule has 1 aliphatic heterocycles. The number of hydrogen-bond acceptors (Lipinski definition) is 4. The molecule has 1 saturated heterocycles. The minimum atomic E-state index is -0.710. The minimum absolute atomic E-state index is 0.0184. The van der Waals surface area contributed by atoms with Gasteiger partial charge in [0, 0.05) is 17.6 Å². The summed E-state index contributed by atoms with van der Waals surface area (Å²) in [4.78, 5) is 13.4. The molecule has 0 aromatic heterocycles. The van der Waals surface area contributed by atoms with Gasteiger partial charge in [-0.15, -0.1) is 0 Å². The van der Waals surface area contributed by atoms with E-state index in [0.29, 0.717) is 18.6 Å². The molecule has 21 heavy (non-hydrogen) atoms. The summed E-state index contributed by atoms with van der Waals surface area (Å²) >= 11 is 0. The van der Waals surface area contributed by atoms with Crippen molar-refractivity contribution in [2.45, 2.75) is 38.8 Å². The fourth-order valence-corrected chi connectivity index (χ4v) is 3.16. The van der Waals surface area contributed by atoms with Crippen molar-refractivity contribution in [2.24, 2.45) is 5.92 Å². The number of carbonyl (C=O) groups is 1. The third kappa shape index (κ3) is 3.29. The smallest absolute Gasteiger partial charge is 0.306 e. The molecule has 1 heterocycles. The van der Waals surface area contributed by atoms with Gasteiger partial charge in [-0.2, -0.15) is 0 Å². The van der Waals surface area contributed by atoms with E-state index in [2.05, 4.69) is 4.90 Å². The number of carboxylic acids is 1. The maximum Gasteiger partial charge on any atom is 0.306 e. The second-order valence-corrected chi connectivity index (χ2v) is 5.75. The minimum Gasteiger partial charge on any atom is -0.508 e. The van der Waals surface area contributed by atoms with E-state index >= 15 is 0 Å². The van der Waals surface area contributed by atoms with Gasteiger partial charge in [-0.1, -0.05) is 0 Å². The molecule has 2 rings (SSSR count). The second-order valence-electron chi connectivity index (χ2n) is 5.75. The van der Waals surface area contributed by atoms with Crippen LogP contribution in [0.4, 0.5) is 0 Å². The molecule has 0 spiro atoms.